The average molecular weight is 245 g/mol. The minimum atomic E-state index is -4.09. The molecule has 0 atom stereocenters. The first-order chi connectivity index (χ1) is 7.80. The summed E-state index contributed by atoms with van der Waals surface area (Å²) >= 11 is 0. The lowest BCUT2D eigenvalue weighted by Gasteiger charge is -2.07. The van der Waals surface area contributed by atoms with E-state index in [0.717, 1.165) is 18.2 Å². The average Bonchev–Trinajstić information content (AvgIpc) is 2.27. The van der Waals surface area contributed by atoms with E-state index < -0.39 is 31.9 Å². The van der Waals surface area contributed by atoms with Gasteiger partial charge in [0, 0.05) is 12.1 Å². The minimum Gasteiger partial charge on any atom is -0.258 e. The molecular formula is C7H4FN3O6. The number of nitrogens with zero attached hydrogens (tertiary/aromatic N) is 3. The van der Waals surface area contributed by atoms with Crippen molar-refractivity contribution in [2.45, 2.75) is 5.92 Å². The highest BCUT2D eigenvalue weighted by molar-refractivity contribution is 5.35. The molecule has 1 aromatic carbocycles. The molecule has 0 aliphatic rings. The fraction of sp³-hybridized carbons (Fsp3) is 0.143. The van der Waals surface area contributed by atoms with Crippen molar-refractivity contribution in [2.75, 3.05) is 0 Å². The van der Waals surface area contributed by atoms with Crippen LogP contribution in [-0.2, 0) is 5.92 Å². The maximum Gasteiger partial charge on any atom is 0.643 e. The van der Waals surface area contributed by atoms with Crippen LogP contribution in [0.1, 0.15) is 5.56 Å². The maximum atomic E-state index is 13.6. The van der Waals surface area contributed by atoms with E-state index in [1.54, 1.807) is 0 Å². The number of benzene rings is 1. The first kappa shape index (κ1) is 12.4. The Hall–Kier alpha value is -2.65. The standard InChI is InChI=1S/C7H4FN3O6/c8-7(10(14)15,11(16)17)5-2-1-3-6(4-5)9(12)13/h1-4H. The predicted molar refractivity (Wildman–Crippen MR) is 49.9 cm³/mol. The smallest absolute Gasteiger partial charge is 0.258 e. The second kappa shape index (κ2) is 4.08. The highest BCUT2D eigenvalue weighted by Gasteiger charge is 2.60. The van der Waals surface area contributed by atoms with Gasteiger partial charge in [-0.25, -0.2) is 0 Å². The third-order valence-electron chi connectivity index (χ3n) is 1.91. The summed E-state index contributed by atoms with van der Waals surface area (Å²) in [6, 6.07) is 3.04. The van der Waals surface area contributed by atoms with Crippen LogP contribution >= 0.6 is 0 Å². The molecule has 0 N–H and O–H groups in total. The number of rotatable bonds is 4. The highest BCUT2D eigenvalue weighted by Crippen LogP contribution is 2.29. The molecule has 0 radical (unpaired) electrons. The van der Waals surface area contributed by atoms with Gasteiger partial charge in [-0.05, 0) is 6.07 Å². The lowest BCUT2D eigenvalue weighted by atomic mass is 10.1. The number of alkyl halides is 1. The lowest BCUT2D eigenvalue weighted by molar-refractivity contribution is -0.846. The monoisotopic (exact) mass is 245 g/mol. The Morgan fingerprint density at radius 2 is 1.59 bits per heavy atom. The van der Waals surface area contributed by atoms with Gasteiger partial charge in [0.15, 0.2) is 5.56 Å². The van der Waals surface area contributed by atoms with Crippen LogP contribution in [0.2, 0.25) is 0 Å². The SMILES string of the molecule is O=[N+]([O-])c1cccc(C(F)([N+](=O)[O-])[N+](=O)[O-])c1. The number of nitro benzene ring substituents is 1. The van der Waals surface area contributed by atoms with Crippen molar-refractivity contribution < 1.29 is 19.2 Å². The molecule has 0 unspecified atom stereocenters. The summed E-state index contributed by atoms with van der Waals surface area (Å²) in [6.07, 6.45) is 0. The molecule has 0 heterocycles. The molecule has 0 spiro atoms. The second-order valence-corrected chi connectivity index (χ2v) is 2.91. The summed E-state index contributed by atoms with van der Waals surface area (Å²) in [7, 11) is 0. The zero-order valence-corrected chi connectivity index (χ0v) is 7.98. The van der Waals surface area contributed by atoms with Crippen molar-refractivity contribution in [3.05, 3.63) is 60.2 Å². The van der Waals surface area contributed by atoms with Crippen molar-refractivity contribution in [2.24, 2.45) is 0 Å². The van der Waals surface area contributed by atoms with Crippen LogP contribution < -0.4 is 0 Å². The fourth-order valence-electron chi connectivity index (χ4n) is 1.09. The van der Waals surface area contributed by atoms with Gasteiger partial charge in [0.05, 0.1) is 4.92 Å². The topological polar surface area (TPSA) is 129 Å². The van der Waals surface area contributed by atoms with Crippen molar-refractivity contribution in [1.29, 1.82) is 0 Å². The van der Waals surface area contributed by atoms with E-state index in [9.17, 15) is 34.7 Å². The summed E-state index contributed by atoms with van der Waals surface area (Å²) in [6.45, 7) is 0. The number of non-ortho nitro benzene ring substituents is 1. The van der Waals surface area contributed by atoms with E-state index >= 15 is 0 Å². The predicted octanol–water partition coefficient (Wildman–Crippen LogP) is 1.23. The lowest BCUT2D eigenvalue weighted by Crippen LogP contribution is -2.38. The molecule has 0 saturated carbocycles. The third kappa shape index (κ3) is 2.00. The summed E-state index contributed by atoms with van der Waals surface area (Å²) in [5.74, 6) is -4.09. The quantitative estimate of drug-likeness (QED) is 0.339. The van der Waals surface area contributed by atoms with Gasteiger partial charge < -0.3 is 0 Å². The van der Waals surface area contributed by atoms with Gasteiger partial charge in [-0.1, -0.05) is 10.5 Å². The minimum absolute atomic E-state index is 0.450. The Morgan fingerprint density at radius 1 is 1.06 bits per heavy atom. The van der Waals surface area contributed by atoms with Crippen LogP contribution in [0, 0.1) is 30.3 Å². The Labute approximate surface area is 91.9 Å². The van der Waals surface area contributed by atoms with Crippen molar-refractivity contribution in [3.63, 3.8) is 0 Å². The third-order valence-corrected chi connectivity index (χ3v) is 1.91. The Bertz CT molecular complexity index is 490. The number of hydrogen-bond donors (Lipinski definition) is 0. The van der Waals surface area contributed by atoms with E-state index in [1.165, 1.54) is 0 Å². The molecule has 0 aliphatic carbocycles. The molecule has 0 fully saturated rings. The summed E-state index contributed by atoms with van der Waals surface area (Å²) in [5, 5.41) is 31.1. The molecule has 0 saturated heterocycles. The van der Waals surface area contributed by atoms with Crippen molar-refractivity contribution in [1.82, 2.24) is 0 Å². The Morgan fingerprint density at radius 3 is 2.00 bits per heavy atom. The molecular weight excluding hydrogens is 241 g/mol. The zero-order valence-electron chi connectivity index (χ0n) is 7.98. The summed E-state index contributed by atoms with van der Waals surface area (Å²) in [5.41, 5.74) is -1.69. The molecule has 0 aliphatic heterocycles. The summed E-state index contributed by atoms with van der Waals surface area (Å²) in [4.78, 5) is 26.6. The fourth-order valence-corrected chi connectivity index (χ4v) is 1.09. The molecule has 9 nitrogen and oxygen atoms in total. The van der Waals surface area contributed by atoms with Gasteiger partial charge in [0.2, 0.25) is 0 Å². The first-order valence-corrected chi connectivity index (χ1v) is 4.03. The molecule has 1 rings (SSSR count). The molecule has 0 bridgehead atoms. The molecule has 17 heavy (non-hydrogen) atoms. The zero-order chi connectivity index (χ0) is 13.2. The number of halogens is 1. The number of hydrogen-bond acceptors (Lipinski definition) is 6. The second-order valence-electron chi connectivity index (χ2n) is 2.91. The Kier molecular flexibility index (Phi) is 2.98. The van der Waals surface area contributed by atoms with Crippen LogP contribution in [0.3, 0.4) is 0 Å². The van der Waals surface area contributed by atoms with Crippen LogP contribution in [0.15, 0.2) is 24.3 Å². The van der Waals surface area contributed by atoms with Gasteiger partial charge in [0.25, 0.3) is 5.69 Å². The van der Waals surface area contributed by atoms with E-state index in [4.69, 9.17) is 0 Å². The molecule has 10 heteroatoms. The molecule has 90 valence electrons. The van der Waals surface area contributed by atoms with Crippen LogP contribution in [-0.4, -0.2) is 14.8 Å². The van der Waals surface area contributed by atoms with Gasteiger partial charge >= 0.3 is 5.92 Å². The van der Waals surface area contributed by atoms with Crippen LogP contribution in [0.25, 0.3) is 0 Å². The van der Waals surface area contributed by atoms with Crippen LogP contribution in [0.5, 0.6) is 0 Å². The van der Waals surface area contributed by atoms with Crippen molar-refractivity contribution >= 4 is 5.69 Å². The number of nitro groups is 3. The maximum absolute atomic E-state index is 13.6. The summed E-state index contributed by atoms with van der Waals surface area (Å²) < 4.78 is 13.6. The van der Waals surface area contributed by atoms with Gasteiger partial charge in [0.1, 0.15) is 9.85 Å². The normalized spacial score (nSPS) is 10.9. The largest absolute Gasteiger partial charge is 0.643 e. The Balaban J connectivity index is 3.40. The van der Waals surface area contributed by atoms with Crippen molar-refractivity contribution in [3.8, 4) is 0 Å². The molecule has 0 amide bonds. The van der Waals surface area contributed by atoms with Crippen LogP contribution in [0.4, 0.5) is 10.1 Å². The van der Waals surface area contributed by atoms with E-state index in [1.807, 2.05) is 0 Å². The van der Waals surface area contributed by atoms with Gasteiger partial charge in [-0.2, -0.15) is 0 Å². The van der Waals surface area contributed by atoms with E-state index in [2.05, 4.69) is 0 Å². The molecule has 1 aromatic rings. The van der Waals surface area contributed by atoms with E-state index in [-0.39, 0.29) is 0 Å². The molecule has 0 aromatic heterocycles. The van der Waals surface area contributed by atoms with Gasteiger partial charge in [-0.15, -0.1) is 0 Å². The van der Waals surface area contributed by atoms with Gasteiger partial charge in [-0.3, -0.25) is 30.3 Å². The first-order valence-electron chi connectivity index (χ1n) is 4.03. The highest BCUT2D eigenvalue weighted by atomic mass is 19.2. The van der Waals surface area contributed by atoms with E-state index in [0.29, 0.717) is 6.07 Å².